The zero-order valence-electron chi connectivity index (χ0n) is 17.5. The number of aliphatic hydroxyl groups is 1. The Kier molecular flexibility index (Phi) is 7.29. The molecule has 0 saturated carbocycles. The minimum atomic E-state index is -0.455. The first-order chi connectivity index (χ1) is 14.4. The molecule has 3 aromatic rings. The number of carbonyl (C=O) groups excluding carboxylic acids is 1. The summed E-state index contributed by atoms with van der Waals surface area (Å²) in [5, 5.41) is 12.7. The monoisotopic (exact) mass is 425 g/mol. The SMILES string of the molecule is CC(C)c1ccc(NC(=O)[C@@H](C)Sc2nc3ccccc3c(=O)n2CCCO)cc1. The van der Waals surface area contributed by atoms with Crippen LogP contribution in [0.4, 0.5) is 5.69 Å². The van der Waals surface area contributed by atoms with E-state index in [0.717, 1.165) is 5.69 Å². The van der Waals surface area contributed by atoms with E-state index in [-0.39, 0.29) is 18.1 Å². The van der Waals surface area contributed by atoms with Crippen molar-refractivity contribution < 1.29 is 9.90 Å². The van der Waals surface area contributed by atoms with E-state index < -0.39 is 5.25 Å². The zero-order chi connectivity index (χ0) is 21.7. The Morgan fingerprint density at radius 1 is 1.13 bits per heavy atom. The Labute approximate surface area is 180 Å². The molecule has 0 saturated heterocycles. The van der Waals surface area contributed by atoms with E-state index in [1.807, 2.05) is 30.3 Å². The molecule has 0 bridgehead atoms. The molecule has 0 unspecified atom stereocenters. The second kappa shape index (κ2) is 9.91. The molecular formula is C23H27N3O3S. The molecule has 2 N–H and O–H groups in total. The predicted octanol–water partition coefficient (Wildman–Crippen LogP) is 4.02. The highest BCUT2D eigenvalue weighted by Crippen LogP contribution is 2.24. The van der Waals surface area contributed by atoms with Crippen LogP contribution in [0, 0.1) is 0 Å². The van der Waals surface area contributed by atoms with Gasteiger partial charge >= 0.3 is 0 Å². The fourth-order valence-electron chi connectivity index (χ4n) is 3.07. The van der Waals surface area contributed by atoms with Crippen LogP contribution in [0.15, 0.2) is 58.5 Å². The first kappa shape index (κ1) is 22.1. The molecule has 0 radical (unpaired) electrons. The van der Waals surface area contributed by atoms with Gasteiger partial charge in [-0.3, -0.25) is 14.2 Å². The summed E-state index contributed by atoms with van der Waals surface area (Å²) < 4.78 is 1.55. The molecule has 3 rings (SSSR count). The molecule has 1 amide bonds. The van der Waals surface area contributed by atoms with Crippen molar-refractivity contribution in [3.05, 3.63) is 64.4 Å². The summed E-state index contributed by atoms with van der Waals surface area (Å²) in [4.78, 5) is 30.2. The molecule has 1 heterocycles. The van der Waals surface area contributed by atoms with Gasteiger partial charge < -0.3 is 10.4 Å². The first-order valence-electron chi connectivity index (χ1n) is 10.1. The lowest BCUT2D eigenvalue weighted by molar-refractivity contribution is -0.115. The quantitative estimate of drug-likeness (QED) is 0.421. The molecule has 1 atom stereocenters. The fraction of sp³-hybridized carbons (Fsp3) is 0.348. The molecular weight excluding hydrogens is 398 g/mol. The standard InChI is InChI=1S/C23H27N3O3S/c1-15(2)17-9-11-18(12-10-17)24-21(28)16(3)30-23-25-20-8-5-4-7-19(20)22(29)26(23)13-6-14-27/h4-5,7-12,15-16,27H,6,13-14H2,1-3H3,(H,24,28)/t16-/m1/s1. The second-order valence-corrected chi connectivity index (χ2v) is 8.78. The maximum atomic E-state index is 12.9. The van der Waals surface area contributed by atoms with E-state index in [2.05, 4.69) is 24.1 Å². The summed E-state index contributed by atoms with van der Waals surface area (Å²) in [5.41, 5.74) is 2.39. The van der Waals surface area contributed by atoms with Crippen LogP contribution in [0.2, 0.25) is 0 Å². The van der Waals surface area contributed by atoms with Crippen molar-refractivity contribution in [1.82, 2.24) is 9.55 Å². The smallest absolute Gasteiger partial charge is 0.262 e. The minimum Gasteiger partial charge on any atom is -0.396 e. The number of fused-ring (bicyclic) bond motifs is 1. The number of para-hydroxylation sites is 1. The summed E-state index contributed by atoms with van der Waals surface area (Å²) in [6.45, 7) is 6.37. The van der Waals surface area contributed by atoms with E-state index >= 15 is 0 Å². The maximum Gasteiger partial charge on any atom is 0.262 e. The topological polar surface area (TPSA) is 84.2 Å². The lowest BCUT2D eigenvalue weighted by Gasteiger charge is -2.16. The van der Waals surface area contributed by atoms with Crippen molar-refractivity contribution >= 4 is 34.3 Å². The van der Waals surface area contributed by atoms with Crippen LogP contribution in [0.5, 0.6) is 0 Å². The van der Waals surface area contributed by atoms with E-state index in [9.17, 15) is 14.7 Å². The molecule has 0 aliphatic carbocycles. The number of hydrogen-bond acceptors (Lipinski definition) is 5. The van der Waals surface area contributed by atoms with E-state index in [1.54, 1.807) is 29.7 Å². The van der Waals surface area contributed by atoms with Gasteiger partial charge in [-0.2, -0.15) is 0 Å². The normalized spacial score (nSPS) is 12.3. The number of benzene rings is 2. The van der Waals surface area contributed by atoms with Crippen molar-refractivity contribution in [3.8, 4) is 0 Å². The molecule has 0 aliphatic rings. The third-order valence-electron chi connectivity index (χ3n) is 4.86. The van der Waals surface area contributed by atoms with Gasteiger partial charge in [-0.15, -0.1) is 0 Å². The summed E-state index contributed by atoms with van der Waals surface area (Å²) in [6, 6.07) is 15.0. The molecule has 6 nitrogen and oxygen atoms in total. The molecule has 7 heteroatoms. The van der Waals surface area contributed by atoms with Gasteiger partial charge in [-0.25, -0.2) is 4.98 Å². The third-order valence-corrected chi connectivity index (χ3v) is 5.95. The number of nitrogens with one attached hydrogen (secondary N) is 1. The van der Waals surface area contributed by atoms with Gasteiger partial charge in [0.15, 0.2) is 5.16 Å². The lowest BCUT2D eigenvalue weighted by Crippen LogP contribution is -2.27. The van der Waals surface area contributed by atoms with Crippen molar-refractivity contribution in [1.29, 1.82) is 0 Å². The number of carbonyl (C=O) groups is 1. The molecule has 0 aliphatic heterocycles. The Bertz CT molecular complexity index is 1080. The number of anilines is 1. The highest BCUT2D eigenvalue weighted by atomic mass is 32.2. The van der Waals surface area contributed by atoms with Crippen LogP contribution < -0.4 is 10.9 Å². The van der Waals surface area contributed by atoms with Crippen molar-refractivity contribution in [3.63, 3.8) is 0 Å². The molecule has 2 aromatic carbocycles. The number of rotatable bonds is 8. The Morgan fingerprint density at radius 2 is 1.83 bits per heavy atom. The van der Waals surface area contributed by atoms with Crippen LogP contribution in [-0.2, 0) is 11.3 Å². The summed E-state index contributed by atoms with van der Waals surface area (Å²) in [5.74, 6) is 0.271. The molecule has 0 fully saturated rings. The molecule has 1 aromatic heterocycles. The van der Waals surface area contributed by atoms with E-state index in [0.29, 0.717) is 34.9 Å². The average molecular weight is 426 g/mol. The van der Waals surface area contributed by atoms with Crippen LogP contribution in [0.3, 0.4) is 0 Å². The van der Waals surface area contributed by atoms with Crippen molar-refractivity contribution in [2.24, 2.45) is 0 Å². The minimum absolute atomic E-state index is 0.0220. The van der Waals surface area contributed by atoms with Crippen molar-refractivity contribution in [2.45, 2.75) is 50.1 Å². The molecule has 158 valence electrons. The average Bonchev–Trinajstić information content (AvgIpc) is 2.74. The predicted molar refractivity (Wildman–Crippen MR) is 122 cm³/mol. The third kappa shape index (κ3) is 5.09. The summed E-state index contributed by atoms with van der Waals surface area (Å²) in [7, 11) is 0. The van der Waals surface area contributed by atoms with Crippen LogP contribution >= 0.6 is 11.8 Å². The summed E-state index contributed by atoms with van der Waals surface area (Å²) >= 11 is 1.24. The largest absolute Gasteiger partial charge is 0.396 e. The number of nitrogens with zero attached hydrogens (tertiary/aromatic N) is 2. The number of aliphatic hydroxyl groups excluding tert-OH is 1. The maximum absolute atomic E-state index is 12.9. The Hall–Kier alpha value is -2.64. The number of amides is 1. The molecule has 30 heavy (non-hydrogen) atoms. The lowest BCUT2D eigenvalue weighted by atomic mass is 10.0. The van der Waals surface area contributed by atoms with Crippen molar-refractivity contribution in [2.75, 3.05) is 11.9 Å². The van der Waals surface area contributed by atoms with Crippen LogP contribution in [-0.4, -0.2) is 32.4 Å². The molecule has 0 spiro atoms. The van der Waals surface area contributed by atoms with Crippen LogP contribution in [0.25, 0.3) is 10.9 Å². The van der Waals surface area contributed by atoms with Gasteiger partial charge in [-0.1, -0.05) is 49.9 Å². The number of thioether (sulfide) groups is 1. The number of hydrogen-bond donors (Lipinski definition) is 2. The van der Waals surface area contributed by atoms with Gasteiger partial charge in [0, 0.05) is 18.8 Å². The first-order valence-corrected chi connectivity index (χ1v) is 11.0. The Balaban J connectivity index is 1.81. The van der Waals surface area contributed by atoms with Gasteiger partial charge in [-0.05, 0) is 49.1 Å². The van der Waals surface area contributed by atoms with Gasteiger partial charge in [0.05, 0.1) is 16.2 Å². The zero-order valence-corrected chi connectivity index (χ0v) is 18.3. The highest BCUT2D eigenvalue weighted by molar-refractivity contribution is 8.00. The van der Waals surface area contributed by atoms with E-state index in [1.165, 1.54) is 17.3 Å². The Morgan fingerprint density at radius 3 is 2.50 bits per heavy atom. The van der Waals surface area contributed by atoms with Gasteiger partial charge in [0.25, 0.3) is 5.56 Å². The second-order valence-electron chi connectivity index (χ2n) is 7.47. The van der Waals surface area contributed by atoms with Gasteiger partial charge in [0.2, 0.25) is 5.91 Å². The highest BCUT2D eigenvalue weighted by Gasteiger charge is 2.19. The number of aromatic nitrogens is 2. The summed E-state index contributed by atoms with van der Waals surface area (Å²) in [6.07, 6.45) is 0.441. The van der Waals surface area contributed by atoms with Gasteiger partial charge in [0.1, 0.15) is 0 Å². The van der Waals surface area contributed by atoms with Crippen LogP contribution in [0.1, 0.15) is 38.7 Å². The van der Waals surface area contributed by atoms with E-state index in [4.69, 9.17) is 0 Å². The fourth-order valence-corrected chi connectivity index (χ4v) is 4.01.